The van der Waals surface area contributed by atoms with Gasteiger partial charge in [0.05, 0.1) is 11.7 Å². The van der Waals surface area contributed by atoms with Crippen LogP contribution in [0.25, 0.3) is 5.69 Å². The van der Waals surface area contributed by atoms with Crippen LogP contribution in [0.2, 0.25) is 0 Å². The molecule has 0 aliphatic carbocycles. The third-order valence-corrected chi connectivity index (χ3v) is 2.98. The Hall–Kier alpha value is -2.14. The summed E-state index contributed by atoms with van der Waals surface area (Å²) in [6.07, 6.45) is 3.65. The Morgan fingerprint density at radius 1 is 1.37 bits per heavy atom. The lowest BCUT2D eigenvalue weighted by molar-refractivity contribution is -0.122. The number of amides is 1. The van der Waals surface area contributed by atoms with Gasteiger partial charge in [-0.25, -0.2) is 4.68 Å². The van der Waals surface area contributed by atoms with E-state index in [1.54, 1.807) is 13.2 Å². The Balaban J connectivity index is 2.11. The zero-order valence-corrected chi connectivity index (χ0v) is 11.1. The maximum Gasteiger partial charge on any atom is 0.236 e. The van der Waals surface area contributed by atoms with Crippen LogP contribution in [-0.4, -0.2) is 28.8 Å². The van der Waals surface area contributed by atoms with Crippen LogP contribution in [0.5, 0.6) is 0 Å². The van der Waals surface area contributed by atoms with Crippen LogP contribution in [0.4, 0.5) is 0 Å². The monoisotopic (exact) mass is 258 g/mol. The molecule has 0 bridgehead atoms. The van der Waals surface area contributed by atoms with E-state index in [0.717, 1.165) is 11.3 Å². The van der Waals surface area contributed by atoms with Gasteiger partial charge in [-0.3, -0.25) is 4.79 Å². The zero-order valence-electron chi connectivity index (χ0n) is 11.1. The Bertz CT molecular complexity index is 536. The van der Waals surface area contributed by atoms with Gasteiger partial charge in [0, 0.05) is 26.0 Å². The van der Waals surface area contributed by atoms with Gasteiger partial charge in [-0.15, -0.1) is 0 Å². The number of carbonyl (C=O) groups excluding carboxylic acids is 1. The highest BCUT2D eigenvalue weighted by Crippen LogP contribution is 2.13. The van der Waals surface area contributed by atoms with Gasteiger partial charge in [0.25, 0.3) is 0 Å². The van der Waals surface area contributed by atoms with Crippen LogP contribution >= 0.6 is 0 Å². The Morgan fingerprint density at radius 2 is 2.16 bits per heavy atom. The summed E-state index contributed by atoms with van der Waals surface area (Å²) in [4.78, 5) is 11.5. The first-order valence-corrected chi connectivity index (χ1v) is 6.25. The van der Waals surface area contributed by atoms with Crippen molar-refractivity contribution in [3.8, 4) is 5.69 Å². The molecular formula is C14H18N4O. The highest BCUT2D eigenvalue weighted by atomic mass is 16.2. The molecule has 2 rings (SSSR count). The average molecular weight is 258 g/mol. The minimum atomic E-state index is -0.226. The van der Waals surface area contributed by atoms with Gasteiger partial charge in [0.1, 0.15) is 0 Å². The van der Waals surface area contributed by atoms with Gasteiger partial charge in [-0.2, -0.15) is 5.10 Å². The fourth-order valence-electron chi connectivity index (χ4n) is 1.87. The average Bonchev–Trinajstić information content (AvgIpc) is 2.98. The van der Waals surface area contributed by atoms with Gasteiger partial charge in [-0.1, -0.05) is 18.2 Å². The number of carbonyl (C=O) groups is 1. The van der Waals surface area contributed by atoms with E-state index in [9.17, 15) is 4.79 Å². The second kappa shape index (κ2) is 6.15. The van der Waals surface area contributed by atoms with Crippen molar-refractivity contribution in [2.75, 3.05) is 7.05 Å². The molecule has 0 radical (unpaired) electrons. The van der Waals surface area contributed by atoms with Crippen LogP contribution in [0.3, 0.4) is 0 Å². The first kappa shape index (κ1) is 13.3. The predicted molar refractivity (Wildman–Crippen MR) is 73.9 cm³/mol. The summed E-state index contributed by atoms with van der Waals surface area (Å²) in [7, 11) is 1.64. The molecule has 0 aliphatic heterocycles. The molecule has 0 saturated heterocycles. The lowest BCUT2D eigenvalue weighted by Gasteiger charge is -2.14. The smallest absolute Gasteiger partial charge is 0.236 e. The molecule has 100 valence electrons. The Kier molecular flexibility index (Phi) is 4.30. The first-order valence-electron chi connectivity index (χ1n) is 6.25. The molecule has 1 aromatic heterocycles. The number of hydrogen-bond acceptors (Lipinski definition) is 3. The Labute approximate surface area is 112 Å². The standard InChI is InChI=1S/C14H18N4O/c1-11(14(19)15-2)16-10-12-6-3-4-7-13(12)18-9-5-8-17-18/h3-9,11,16H,10H2,1-2H3,(H,15,19). The molecule has 1 aromatic carbocycles. The number of nitrogens with one attached hydrogen (secondary N) is 2. The highest BCUT2D eigenvalue weighted by Gasteiger charge is 2.11. The molecule has 2 N–H and O–H groups in total. The molecule has 0 aliphatic rings. The molecule has 2 aromatic rings. The number of likely N-dealkylation sites (N-methyl/N-ethyl adjacent to an activating group) is 1. The summed E-state index contributed by atoms with van der Waals surface area (Å²) in [5.74, 6) is -0.0171. The van der Waals surface area contributed by atoms with Gasteiger partial charge in [-0.05, 0) is 24.6 Å². The largest absolute Gasteiger partial charge is 0.358 e. The van der Waals surface area contributed by atoms with Crippen LogP contribution in [0.1, 0.15) is 12.5 Å². The molecule has 0 spiro atoms. The van der Waals surface area contributed by atoms with Crippen molar-refractivity contribution in [3.63, 3.8) is 0 Å². The summed E-state index contributed by atoms with van der Waals surface area (Å²) in [6, 6.07) is 9.65. The van der Waals surface area contributed by atoms with Crippen molar-refractivity contribution in [1.82, 2.24) is 20.4 Å². The lowest BCUT2D eigenvalue weighted by atomic mass is 10.1. The zero-order chi connectivity index (χ0) is 13.7. The predicted octanol–water partition coefficient (Wildman–Crippen LogP) is 1.10. The second-order valence-electron chi connectivity index (χ2n) is 4.30. The third kappa shape index (κ3) is 3.20. The summed E-state index contributed by atoms with van der Waals surface area (Å²) < 4.78 is 1.82. The van der Waals surface area contributed by atoms with E-state index in [0.29, 0.717) is 6.54 Å². The fraction of sp³-hybridized carbons (Fsp3) is 0.286. The van der Waals surface area contributed by atoms with Crippen LogP contribution < -0.4 is 10.6 Å². The molecule has 5 heteroatoms. The summed E-state index contributed by atoms with van der Waals surface area (Å²) in [5, 5.41) is 10.1. The normalized spacial score (nSPS) is 12.1. The van der Waals surface area contributed by atoms with E-state index in [1.165, 1.54) is 0 Å². The molecule has 1 heterocycles. The van der Waals surface area contributed by atoms with E-state index in [-0.39, 0.29) is 11.9 Å². The molecule has 1 amide bonds. The molecule has 19 heavy (non-hydrogen) atoms. The molecule has 0 fully saturated rings. The molecule has 0 saturated carbocycles. The van der Waals surface area contributed by atoms with E-state index in [4.69, 9.17) is 0 Å². The summed E-state index contributed by atoms with van der Waals surface area (Å²) >= 11 is 0. The van der Waals surface area contributed by atoms with Crippen LogP contribution in [-0.2, 0) is 11.3 Å². The van der Waals surface area contributed by atoms with E-state index in [1.807, 2.05) is 48.1 Å². The molecule has 5 nitrogen and oxygen atoms in total. The maximum atomic E-state index is 11.5. The number of hydrogen-bond donors (Lipinski definition) is 2. The fourth-order valence-corrected chi connectivity index (χ4v) is 1.87. The topological polar surface area (TPSA) is 59.0 Å². The van der Waals surface area contributed by atoms with Crippen molar-refractivity contribution < 1.29 is 4.79 Å². The van der Waals surface area contributed by atoms with Crippen LogP contribution in [0.15, 0.2) is 42.7 Å². The summed E-state index contributed by atoms with van der Waals surface area (Å²) in [6.45, 7) is 2.46. The highest BCUT2D eigenvalue weighted by molar-refractivity contribution is 5.80. The number of aromatic nitrogens is 2. The number of para-hydroxylation sites is 1. The summed E-state index contributed by atoms with van der Waals surface area (Å²) in [5.41, 5.74) is 2.12. The third-order valence-electron chi connectivity index (χ3n) is 2.98. The van der Waals surface area contributed by atoms with E-state index < -0.39 is 0 Å². The van der Waals surface area contributed by atoms with E-state index >= 15 is 0 Å². The van der Waals surface area contributed by atoms with Crippen molar-refractivity contribution in [1.29, 1.82) is 0 Å². The van der Waals surface area contributed by atoms with Crippen LogP contribution in [0, 0.1) is 0 Å². The minimum Gasteiger partial charge on any atom is -0.358 e. The van der Waals surface area contributed by atoms with Gasteiger partial charge in [0.2, 0.25) is 5.91 Å². The van der Waals surface area contributed by atoms with Crippen molar-refractivity contribution in [2.45, 2.75) is 19.5 Å². The van der Waals surface area contributed by atoms with E-state index in [2.05, 4.69) is 15.7 Å². The number of benzene rings is 1. The quantitative estimate of drug-likeness (QED) is 0.844. The lowest BCUT2D eigenvalue weighted by Crippen LogP contribution is -2.40. The Morgan fingerprint density at radius 3 is 2.84 bits per heavy atom. The second-order valence-corrected chi connectivity index (χ2v) is 4.30. The van der Waals surface area contributed by atoms with Crippen molar-refractivity contribution in [2.24, 2.45) is 0 Å². The number of rotatable bonds is 5. The SMILES string of the molecule is CNC(=O)C(C)NCc1ccccc1-n1cccn1. The molecular weight excluding hydrogens is 240 g/mol. The van der Waals surface area contributed by atoms with Gasteiger partial charge >= 0.3 is 0 Å². The first-order chi connectivity index (χ1) is 9.22. The maximum absolute atomic E-state index is 11.5. The molecule has 1 unspecified atom stereocenters. The van der Waals surface area contributed by atoms with Gasteiger partial charge in [0.15, 0.2) is 0 Å². The number of nitrogens with zero attached hydrogens (tertiary/aromatic N) is 2. The van der Waals surface area contributed by atoms with Crippen molar-refractivity contribution >= 4 is 5.91 Å². The molecule has 1 atom stereocenters. The minimum absolute atomic E-state index is 0.0171. The van der Waals surface area contributed by atoms with Crippen molar-refractivity contribution in [3.05, 3.63) is 48.3 Å². The van der Waals surface area contributed by atoms with Gasteiger partial charge < -0.3 is 10.6 Å².